The third kappa shape index (κ3) is 4.94. The normalized spacial score (nSPS) is 14.5. The summed E-state index contributed by atoms with van der Waals surface area (Å²) in [6, 6.07) is 36.9. The van der Waals surface area contributed by atoms with Crippen molar-refractivity contribution in [2.75, 3.05) is 0 Å². The highest BCUT2D eigenvalue weighted by molar-refractivity contribution is 6.25. The van der Waals surface area contributed by atoms with E-state index in [-0.39, 0.29) is 93.5 Å². The first-order chi connectivity index (χ1) is 29.9. The first-order valence-corrected chi connectivity index (χ1v) is 16.6. The number of furan rings is 1. The Balaban J connectivity index is 1.18. The second-order valence-electron chi connectivity index (χ2n) is 12.4. The van der Waals surface area contributed by atoms with Crippen molar-refractivity contribution in [3.8, 4) is 55.6 Å². The summed E-state index contributed by atoms with van der Waals surface area (Å²) < 4.78 is 102. The van der Waals surface area contributed by atoms with Crippen LogP contribution in [0.4, 0.5) is 0 Å². The van der Waals surface area contributed by atoms with E-state index in [4.69, 9.17) is 16.8 Å². The number of benzene rings is 9. The number of hydrogen-bond donors (Lipinski definition) is 0. The van der Waals surface area contributed by atoms with Crippen molar-refractivity contribution in [1.82, 2.24) is 0 Å². The van der Waals surface area contributed by atoms with Gasteiger partial charge in [0.05, 0.1) is 15.1 Å². The summed E-state index contributed by atoms with van der Waals surface area (Å²) in [5.41, 5.74) is 6.00. The van der Waals surface area contributed by atoms with Gasteiger partial charge in [-0.3, -0.25) is 0 Å². The highest BCUT2D eigenvalue weighted by atomic mass is 16.3. The van der Waals surface area contributed by atoms with Crippen LogP contribution in [0.1, 0.15) is 15.1 Å². The van der Waals surface area contributed by atoms with E-state index in [2.05, 4.69) is 0 Å². The maximum absolute atomic E-state index is 9.54. The lowest BCUT2D eigenvalue weighted by molar-refractivity contribution is 0.669. The third-order valence-corrected chi connectivity index (χ3v) is 9.50. The van der Waals surface area contributed by atoms with Crippen molar-refractivity contribution in [1.29, 1.82) is 0 Å². The zero-order valence-corrected chi connectivity index (χ0v) is 27.0. The molecule has 51 heavy (non-hydrogen) atoms. The molecule has 0 radical (unpaired) electrons. The molecule has 0 aliphatic heterocycles. The first kappa shape index (κ1) is 20.1. The molecule has 10 aromatic rings. The Bertz CT molecular complexity index is 3420. The molecule has 0 aliphatic rings. The van der Waals surface area contributed by atoms with Crippen LogP contribution in [0, 0.1) is 0 Å². The Labute approximate surface area is 312 Å². The van der Waals surface area contributed by atoms with Crippen LogP contribution in [0.25, 0.3) is 99.1 Å². The molecular formula is C50H32O. The molecule has 10 rings (SSSR count). The van der Waals surface area contributed by atoms with E-state index in [1.54, 1.807) is 36.4 Å². The van der Waals surface area contributed by atoms with Crippen LogP contribution in [0.3, 0.4) is 0 Å². The van der Waals surface area contributed by atoms with Gasteiger partial charge in [0.15, 0.2) is 0 Å². The standard InChI is InChI=1S/C50H32O/c1-3-12-33(13-4-1)35-22-24-36(25-23-35)37-26-28-38(29-27-37)48-40-16-7-9-18-42(40)49(43-19-10-8-17-41(43)48)44-20-11-21-47-50(44)45-32-39(30-31-46(45)51-47)34-14-5-2-6-15-34/h1-32H/i1D,3D,4D,11D,12D,13D,20D,21D,30D,31D,32D. The zero-order chi connectivity index (χ0) is 43.3. The smallest absolute Gasteiger partial charge is 0.136 e. The quantitative estimate of drug-likeness (QED) is 0.168. The number of rotatable bonds is 5. The molecule has 0 bridgehead atoms. The Morgan fingerprint density at radius 2 is 0.863 bits per heavy atom. The Morgan fingerprint density at radius 1 is 0.333 bits per heavy atom. The van der Waals surface area contributed by atoms with Gasteiger partial charge >= 0.3 is 0 Å². The van der Waals surface area contributed by atoms with Crippen LogP contribution < -0.4 is 0 Å². The monoisotopic (exact) mass is 659 g/mol. The summed E-state index contributed by atoms with van der Waals surface area (Å²) in [5.74, 6) is 0. The largest absolute Gasteiger partial charge is 0.456 e. The summed E-state index contributed by atoms with van der Waals surface area (Å²) in [5, 5.41) is 3.77. The summed E-state index contributed by atoms with van der Waals surface area (Å²) >= 11 is 0. The van der Waals surface area contributed by atoms with Crippen molar-refractivity contribution in [3.05, 3.63) is 194 Å². The lowest BCUT2D eigenvalue weighted by Crippen LogP contribution is -1.91. The van der Waals surface area contributed by atoms with Gasteiger partial charge in [-0.25, -0.2) is 0 Å². The van der Waals surface area contributed by atoms with Crippen LogP contribution in [-0.2, 0) is 0 Å². The van der Waals surface area contributed by atoms with E-state index >= 15 is 0 Å². The Kier molecular flexibility index (Phi) is 4.73. The van der Waals surface area contributed by atoms with E-state index in [1.165, 1.54) is 0 Å². The topological polar surface area (TPSA) is 13.1 Å². The van der Waals surface area contributed by atoms with E-state index in [1.807, 2.05) is 91.0 Å². The van der Waals surface area contributed by atoms with E-state index in [0.29, 0.717) is 22.3 Å². The Morgan fingerprint density at radius 3 is 1.49 bits per heavy atom. The van der Waals surface area contributed by atoms with Gasteiger partial charge < -0.3 is 4.42 Å². The molecule has 0 aliphatic carbocycles. The van der Waals surface area contributed by atoms with Gasteiger partial charge in [-0.2, -0.15) is 0 Å². The maximum atomic E-state index is 9.54. The molecule has 1 heteroatoms. The summed E-state index contributed by atoms with van der Waals surface area (Å²) in [6.07, 6.45) is 0. The molecule has 1 aromatic heterocycles. The minimum absolute atomic E-state index is 0.0169. The van der Waals surface area contributed by atoms with Crippen molar-refractivity contribution >= 4 is 43.5 Å². The molecule has 0 unspecified atom stereocenters. The van der Waals surface area contributed by atoms with Crippen molar-refractivity contribution in [2.45, 2.75) is 0 Å². The first-order valence-electron chi connectivity index (χ1n) is 22.1. The number of hydrogen-bond acceptors (Lipinski definition) is 1. The fourth-order valence-electron chi connectivity index (χ4n) is 7.15. The molecule has 0 fully saturated rings. The van der Waals surface area contributed by atoms with Crippen LogP contribution in [0.5, 0.6) is 0 Å². The van der Waals surface area contributed by atoms with E-state index in [9.17, 15) is 2.74 Å². The zero-order valence-electron chi connectivity index (χ0n) is 38.0. The highest BCUT2D eigenvalue weighted by Gasteiger charge is 2.20. The summed E-state index contributed by atoms with van der Waals surface area (Å²) in [4.78, 5) is 0. The fourth-order valence-corrected chi connectivity index (χ4v) is 7.15. The average Bonchev–Trinajstić information content (AvgIpc) is 3.70. The van der Waals surface area contributed by atoms with Crippen molar-refractivity contribution in [3.63, 3.8) is 0 Å². The lowest BCUT2D eigenvalue weighted by atomic mass is 9.84. The van der Waals surface area contributed by atoms with E-state index < -0.39 is 6.04 Å². The molecule has 1 heterocycles. The van der Waals surface area contributed by atoms with Crippen LogP contribution in [0.2, 0.25) is 0 Å². The van der Waals surface area contributed by atoms with Gasteiger partial charge in [0.2, 0.25) is 0 Å². The molecule has 0 saturated carbocycles. The predicted octanol–water partition coefficient (Wildman–Crippen LogP) is 14.2. The van der Waals surface area contributed by atoms with Gasteiger partial charge in [0.25, 0.3) is 0 Å². The molecule has 9 aromatic carbocycles. The van der Waals surface area contributed by atoms with Crippen LogP contribution in [-0.4, -0.2) is 0 Å². The molecule has 0 spiro atoms. The van der Waals surface area contributed by atoms with Crippen molar-refractivity contribution in [2.24, 2.45) is 0 Å². The van der Waals surface area contributed by atoms with Gasteiger partial charge in [0.1, 0.15) is 11.2 Å². The minimum Gasteiger partial charge on any atom is -0.456 e. The number of fused-ring (bicyclic) bond motifs is 5. The fraction of sp³-hybridized carbons (Fsp3) is 0. The maximum Gasteiger partial charge on any atom is 0.136 e. The molecule has 0 saturated heterocycles. The second kappa shape index (κ2) is 12.0. The summed E-state index contributed by atoms with van der Waals surface area (Å²) in [7, 11) is 0. The molecule has 1 nitrogen and oxygen atoms in total. The van der Waals surface area contributed by atoms with Crippen LogP contribution in [0.15, 0.2) is 198 Å². The van der Waals surface area contributed by atoms with Gasteiger partial charge in [-0.15, -0.1) is 0 Å². The molecular weight excluding hydrogens is 617 g/mol. The van der Waals surface area contributed by atoms with Gasteiger partial charge in [-0.05, 0) is 95.3 Å². The van der Waals surface area contributed by atoms with Gasteiger partial charge in [-0.1, -0.05) is 176 Å². The SMILES string of the molecule is [2H]c1c([2H])c([2H])c(-c2ccc(-c3ccc(-c4c5ccccc5c(-c5c([2H])c([2H])c([2H])c6oc7c([2H])c([2H])c(-c8ccccc8)c([2H])c7c56)c5ccccc45)cc3)cc2)c([2H])c1[2H]. The van der Waals surface area contributed by atoms with E-state index in [0.717, 1.165) is 43.8 Å². The Hall–Kier alpha value is -6.70. The van der Waals surface area contributed by atoms with Crippen LogP contribution >= 0.6 is 0 Å². The molecule has 0 atom stereocenters. The minimum atomic E-state index is -0.432. The highest BCUT2D eigenvalue weighted by Crippen LogP contribution is 2.47. The predicted molar refractivity (Wildman–Crippen MR) is 216 cm³/mol. The van der Waals surface area contributed by atoms with Gasteiger partial charge in [0, 0.05) is 10.8 Å². The second-order valence-corrected chi connectivity index (χ2v) is 12.4. The summed E-state index contributed by atoms with van der Waals surface area (Å²) in [6.45, 7) is 0. The van der Waals surface area contributed by atoms with Crippen molar-refractivity contribution < 1.29 is 19.5 Å². The molecule has 0 amide bonds. The average molecular weight is 660 g/mol. The molecule has 0 N–H and O–H groups in total. The lowest BCUT2D eigenvalue weighted by Gasteiger charge is -2.18. The third-order valence-electron chi connectivity index (χ3n) is 9.50. The molecule has 238 valence electrons.